The van der Waals surface area contributed by atoms with Crippen LogP contribution in [0.1, 0.15) is 44.1 Å². The van der Waals surface area contributed by atoms with Crippen LogP contribution in [0.5, 0.6) is 0 Å². The number of carbonyl (C=O) groups excluding carboxylic acids is 1. The summed E-state index contributed by atoms with van der Waals surface area (Å²) < 4.78 is 27.8. The molecule has 0 unspecified atom stereocenters. The van der Waals surface area contributed by atoms with Gasteiger partial charge in [-0.15, -0.1) is 0 Å². The van der Waals surface area contributed by atoms with Gasteiger partial charge in [0.2, 0.25) is 10.0 Å². The van der Waals surface area contributed by atoms with Gasteiger partial charge in [0.15, 0.2) is 0 Å². The Kier molecular flexibility index (Phi) is 5.86. The molecular formula is C20H28ClN3O3S. The molecule has 1 aromatic rings. The van der Waals surface area contributed by atoms with E-state index in [1.807, 2.05) is 17.0 Å². The van der Waals surface area contributed by atoms with Crippen molar-refractivity contribution < 1.29 is 13.2 Å². The molecule has 0 bridgehead atoms. The second-order valence-corrected chi connectivity index (χ2v) is 10.8. The first-order valence-electron chi connectivity index (χ1n) is 10.2. The smallest absolute Gasteiger partial charge is 0.317 e. The molecule has 1 aromatic carbocycles. The van der Waals surface area contributed by atoms with Crippen LogP contribution in [-0.2, 0) is 16.6 Å². The van der Waals surface area contributed by atoms with E-state index in [1.54, 1.807) is 16.4 Å². The Morgan fingerprint density at radius 1 is 1.07 bits per heavy atom. The first kappa shape index (κ1) is 20.0. The number of halogens is 1. The van der Waals surface area contributed by atoms with Crippen molar-refractivity contribution in [3.63, 3.8) is 0 Å². The van der Waals surface area contributed by atoms with Crippen LogP contribution in [0.4, 0.5) is 4.79 Å². The van der Waals surface area contributed by atoms with Gasteiger partial charge in [0.05, 0.1) is 5.25 Å². The first-order valence-corrected chi connectivity index (χ1v) is 12.1. The Morgan fingerprint density at radius 2 is 1.75 bits per heavy atom. The van der Waals surface area contributed by atoms with Crippen LogP contribution in [0.15, 0.2) is 24.3 Å². The predicted octanol–water partition coefficient (Wildman–Crippen LogP) is 3.22. The lowest BCUT2D eigenvalue weighted by Gasteiger charge is -2.24. The van der Waals surface area contributed by atoms with Crippen LogP contribution < -0.4 is 5.32 Å². The third-order valence-corrected chi connectivity index (χ3v) is 9.04. The lowest BCUT2D eigenvalue weighted by atomic mass is 10.0. The van der Waals surface area contributed by atoms with Gasteiger partial charge < -0.3 is 10.2 Å². The molecule has 0 spiro atoms. The minimum Gasteiger partial charge on any atom is -0.335 e. The summed E-state index contributed by atoms with van der Waals surface area (Å²) in [6.07, 6.45) is 5.71. The Bertz CT molecular complexity index is 808. The van der Waals surface area contributed by atoms with E-state index in [9.17, 15) is 13.2 Å². The Hall–Kier alpha value is -1.31. The largest absolute Gasteiger partial charge is 0.335 e. The van der Waals surface area contributed by atoms with Crippen molar-refractivity contribution in [2.75, 3.05) is 19.6 Å². The minimum absolute atomic E-state index is 0.0257. The second kappa shape index (κ2) is 8.20. The van der Waals surface area contributed by atoms with Gasteiger partial charge in [-0.2, -0.15) is 4.31 Å². The van der Waals surface area contributed by atoms with E-state index in [2.05, 4.69) is 5.32 Å². The van der Waals surface area contributed by atoms with E-state index in [0.29, 0.717) is 37.6 Å². The maximum atomic E-state index is 13.1. The monoisotopic (exact) mass is 425 g/mol. The molecule has 2 heterocycles. The zero-order valence-electron chi connectivity index (χ0n) is 16.0. The van der Waals surface area contributed by atoms with E-state index in [0.717, 1.165) is 24.8 Å². The molecular weight excluding hydrogens is 398 g/mol. The van der Waals surface area contributed by atoms with Gasteiger partial charge in [-0.25, -0.2) is 13.2 Å². The zero-order valence-corrected chi connectivity index (χ0v) is 17.6. The summed E-state index contributed by atoms with van der Waals surface area (Å²) in [7, 11) is -3.35. The van der Waals surface area contributed by atoms with Crippen LogP contribution in [0.25, 0.3) is 0 Å². The van der Waals surface area contributed by atoms with E-state index in [-0.39, 0.29) is 23.2 Å². The number of carbonyl (C=O) groups is 1. The average Bonchev–Trinajstić information content (AvgIpc) is 3.17. The summed E-state index contributed by atoms with van der Waals surface area (Å²) in [4.78, 5) is 14.4. The van der Waals surface area contributed by atoms with Gasteiger partial charge in [0, 0.05) is 37.2 Å². The van der Waals surface area contributed by atoms with Gasteiger partial charge in [-0.3, -0.25) is 0 Å². The quantitative estimate of drug-likeness (QED) is 0.808. The molecule has 8 heteroatoms. The first-order chi connectivity index (χ1) is 13.4. The van der Waals surface area contributed by atoms with Gasteiger partial charge >= 0.3 is 6.03 Å². The molecule has 2 saturated heterocycles. The SMILES string of the molecule is O=C(NC1CCCC1)N1CC[C@@H]2CN(Cc3ccc(Cl)cc3)S(=O)(=O)[C@@H]2CC1. The molecule has 1 saturated carbocycles. The van der Waals surface area contributed by atoms with Crippen molar-refractivity contribution in [1.29, 1.82) is 0 Å². The fourth-order valence-electron chi connectivity index (χ4n) is 4.78. The molecule has 6 nitrogen and oxygen atoms in total. The Morgan fingerprint density at radius 3 is 2.46 bits per heavy atom. The minimum atomic E-state index is -3.35. The number of hydrogen-bond donors (Lipinski definition) is 1. The lowest BCUT2D eigenvalue weighted by Crippen LogP contribution is -2.44. The number of hydrogen-bond acceptors (Lipinski definition) is 3. The number of urea groups is 1. The van der Waals surface area contributed by atoms with Crippen molar-refractivity contribution in [1.82, 2.24) is 14.5 Å². The van der Waals surface area contributed by atoms with E-state index >= 15 is 0 Å². The zero-order chi connectivity index (χ0) is 19.7. The fraction of sp³-hybridized carbons (Fsp3) is 0.650. The third-order valence-electron chi connectivity index (χ3n) is 6.40. The number of likely N-dealkylation sites (tertiary alicyclic amines) is 1. The number of sulfonamides is 1. The topological polar surface area (TPSA) is 69.7 Å². The summed E-state index contributed by atoms with van der Waals surface area (Å²) in [6.45, 7) is 2.06. The molecule has 0 radical (unpaired) electrons. The molecule has 28 heavy (non-hydrogen) atoms. The third kappa shape index (κ3) is 4.16. The van der Waals surface area contributed by atoms with Crippen molar-refractivity contribution in [3.8, 4) is 0 Å². The summed E-state index contributed by atoms with van der Waals surface area (Å²) in [6, 6.07) is 7.59. The Labute approximate surface area is 172 Å². The molecule has 2 aliphatic heterocycles. The summed E-state index contributed by atoms with van der Waals surface area (Å²) in [5, 5.41) is 3.39. The van der Waals surface area contributed by atoms with Crippen LogP contribution in [-0.4, -0.2) is 54.6 Å². The summed E-state index contributed by atoms with van der Waals surface area (Å²) in [5.74, 6) is 0.0848. The molecule has 2 atom stereocenters. The average molecular weight is 426 g/mol. The molecule has 3 aliphatic rings. The van der Waals surface area contributed by atoms with Crippen molar-refractivity contribution >= 4 is 27.7 Å². The highest BCUT2D eigenvalue weighted by Crippen LogP contribution is 2.35. The molecule has 1 aliphatic carbocycles. The highest BCUT2D eigenvalue weighted by molar-refractivity contribution is 7.90. The lowest BCUT2D eigenvalue weighted by molar-refractivity contribution is 0.194. The maximum Gasteiger partial charge on any atom is 0.317 e. The van der Waals surface area contributed by atoms with Crippen LogP contribution >= 0.6 is 11.6 Å². The number of amides is 2. The highest BCUT2D eigenvalue weighted by atomic mass is 35.5. The van der Waals surface area contributed by atoms with E-state index < -0.39 is 10.0 Å². The van der Waals surface area contributed by atoms with Gasteiger partial charge in [0.25, 0.3) is 0 Å². The number of benzene rings is 1. The fourth-order valence-corrected chi connectivity index (χ4v) is 7.13. The second-order valence-electron chi connectivity index (χ2n) is 8.26. The Balaban J connectivity index is 1.38. The van der Waals surface area contributed by atoms with Crippen LogP contribution in [0.2, 0.25) is 5.02 Å². The normalized spacial score (nSPS) is 28.1. The molecule has 4 rings (SSSR count). The predicted molar refractivity (Wildman–Crippen MR) is 110 cm³/mol. The van der Waals surface area contributed by atoms with Crippen molar-refractivity contribution in [3.05, 3.63) is 34.9 Å². The standard InChI is InChI=1S/C20H28ClN3O3S/c21-17-7-5-15(6-8-17)13-24-14-16-9-11-23(12-10-19(16)28(24,26)27)20(25)22-18-3-1-2-4-18/h5-8,16,18-19H,1-4,9-14H2,(H,22,25)/t16-,19-/m1/s1. The summed E-state index contributed by atoms with van der Waals surface area (Å²) >= 11 is 5.93. The highest BCUT2D eigenvalue weighted by Gasteiger charge is 2.47. The molecule has 154 valence electrons. The van der Waals surface area contributed by atoms with Crippen molar-refractivity contribution in [2.45, 2.75) is 56.4 Å². The molecule has 0 aromatic heterocycles. The number of fused-ring (bicyclic) bond motifs is 1. The van der Waals surface area contributed by atoms with Crippen LogP contribution in [0, 0.1) is 5.92 Å². The summed E-state index contributed by atoms with van der Waals surface area (Å²) in [5.41, 5.74) is 0.946. The van der Waals surface area contributed by atoms with Gasteiger partial charge in [-0.1, -0.05) is 36.6 Å². The van der Waals surface area contributed by atoms with Gasteiger partial charge in [-0.05, 0) is 49.3 Å². The van der Waals surface area contributed by atoms with Crippen LogP contribution in [0.3, 0.4) is 0 Å². The number of nitrogens with zero attached hydrogens (tertiary/aromatic N) is 2. The van der Waals surface area contributed by atoms with E-state index in [4.69, 9.17) is 11.6 Å². The van der Waals surface area contributed by atoms with E-state index in [1.165, 1.54) is 12.8 Å². The number of nitrogens with one attached hydrogen (secondary N) is 1. The van der Waals surface area contributed by atoms with Crippen molar-refractivity contribution in [2.24, 2.45) is 5.92 Å². The maximum absolute atomic E-state index is 13.1. The number of rotatable bonds is 3. The molecule has 1 N–H and O–H groups in total. The molecule has 3 fully saturated rings. The molecule has 2 amide bonds. The van der Waals surface area contributed by atoms with Gasteiger partial charge in [0.1, 0.15) is 0 Å².